The van der Waals surface area contributed by atoms with Crippen LogP contribution in [0.5, 0.6) is 11.5 Å². The normalized spacial score (nSPS) is 29.7. The van der Waals surface area contributed by atoms with E-state index in [-0.39, 0.29) is 0 Å². The van der Waals surface area contributed by atoms with Gasteiger partial charge in [0.2, 0.25) is 5.91 Å². The molecule has 3 aliphatic rings. The second kappa shape index (κ2) is 8.52. The van der Waals surface area contributed by atoms with Crippen LogP contribution in [0.4, 0.5) is 0 Å². The minimum Gasteiger partial charge on any atom is -0.493 e. The Morgan fingerprint density at radius 2 is 1.93 bits per heavy atom. The van der Waals surface area contributed by atoms with Gasteiger partial charge in [-0.2, -0.15) is 0 Å². The van der Waals surface area contributed by atoms with Crippen LogP contribution in [0.15, 0.2) is 18.2 Å². The van der Waals surface area contributed by atoms with Crippen molar-refractivity contribution in [1.82, 2.24) is 14.7 Å². The number of rotatable bonds is 6. The van der Waals surface area contributed by atoms with Crippen LogP contribution in [0.2, 0.25) is 0 Å². The number of likely N-dealkylation sites (N-methyl/N-ethyl adjacent to an activating group) is 1. The highest BCUT2D eigenvalue weighted by molar-refractivity contribution is 5.78. The third-order valence-electron chi connectivity index (χ3n) is 7.00. The number of carbonyl (C=O) groups is 1. The van der Waals surface area contributed by atoms with Crippen LogP contribution in [0.3, 0.4) is 0 Å². The third kappa shape index (κ3) is 3.97. The molecule has 1 aromatic rings. The Morgan fingerprint density at radius 1 is 1.14 bits per heavy atom. The smallest absolute Gasteiger partial charge is 0.223 e. The van der Waals surface area contributed by atoms with Gasteiger partial charge in [0.05, 0.1) is 14.2 Å². The summed E-state index contributed by atoms with van der Waals surface area (Å²) in [6, 6.07) is 6.87. The first kappa shape index (κ1) is 20.5. The molecule has 29 heavy (non-hydrogen) atoms. The molecule has 0 saturated carbocycles. The number of ether oxygens (including phenoxy) is 2. The summed E-state index contributed by atoms with van der Waals surface area (Å²) in [5.41, 5.74) is 1.17. The molecule has 0 unspecified atom stereocenters. The Bertz CT molecular complexity index is 738. The summed E-state index contributed by atoms with van der Waals surface area (Å²) in [6.45, 7) is 3.91. The number of benzene rings is 1. The summed E-state index contributed by atoms with van der Waals surface area (Å²) in [5, 5.41) is 0. The maximum Gasteiger partial charge on any atom is 0.223 e. The number of para-hydroxylation sites is 1. The monoisotopic (exact) mass is 401 g/mol. The van der Waals surface area contributed by atoms with Crippen LogP contribution in [0.25, 0.3) is 0 Å². The van der Waals surface area contributed by atoms with Gasteiger partial charge in [0.25, 0.3) is 0 Å². The molecule has 3 saturated heterocycles. The van der Waals surface area contributed by atoms with Gasteiger partial charge in [-0.1, -0.05) is 12.1 Å². The van der Waals surface area contributed by atoms with Gasteiger partial charge in [0, 0.05) is 50.2 Å². The zero-order valence-electron chi connectivity index (χ0n) is 18.3. The molecular weight excluding hydrogens is 366 g/mol. The van der Waals surface area contributed by atoms with Crippen LogP contribution in [0, 0.1) is 11.8 Å². The first-order chi connectivity index (χ1) is 14.0. The number of amides is 1. The topological polar surface area (TPSA) is 45.2 Å². The lowest BCUT2D eigenvalue weighted by Crippen LogP contribution is -2.66. The Hall–Kier alpha value is -1.79. The molecule has 2 bridgehead atoms. The van der Waals surface area contributed by atoms with Crippen molar-refractivity contribution in [2.24, 2.45) is 11.8 Å². The van der Waals surface area contributed by atoms with E-state index in [9.17, 15) is 4.79 Å². The molecule has 0 spiro atoms. The highest BCUT2D eigenvalue weighted by Crippen LogP contribution is 2.42. The van der Waals surface area contributed by atoms with E-state index in [0.717, 1.165) is 56.9 Å². The number of nitrogens with zero attached hydrogens (tertiary/aromatic N) is 3. The molecule has 6 heteroatoms. The maximum atomic E-state index is 12.8. The van der Waals surface area contributed by atoms with Gasteiger partial charge in [-0.25, -0.2) is 0 Å². The predicted octanol–water partition coefficient (Wildman–Crippen LogP) is 2.47. The van der Waals surface area contributed by atoms with Crippen LogP contribution >= 0.6 is 0 Å². The van der Waals surface area contributed by atoms with Gasteiger partial charge < -0.3 is 19.3 Å². The van der Waals surface area contributed by atoms with Gasteiger partial charge in [-0.05, 0) is 51.3 Å². The average Bonchev–Trinajstić information content (AvgIpc) is 2.70. The summed E-state index contributed by atoms with van der Waals surface area (Å²) < 4.78 is 11.2. The van der Waals surface area contributed by atoms with Gasteiger partial charge in [-0.3, -0.25) is 9.69 Å². The molecule has 4 rings (SSSR count). The van der Waals surface area contributed by atoms with Crippen molar-refractivity contribution < 1.29 is 14.3 Å². The number of carbonyl (C=O) groups excluding carboxylic acids is 1. The largest absolute Gasteiger partial charge is 0.493 e. The fraction of sp³-hybridized carbons (Fsp3) is 0.696. The molecule has 0 aliphatic carbocycles. The lowest BCUT2D eigenvalue weighted by molar-refractivity contribution is -0.153. The molecular formula is C23H35N3O3. The van der Waals surface area contributed by atoms with Crippen molar-refractivity contribution in [2.45, 2.75) is 44.3 Å². The predicted molar refractivity (Wildman–Crippen MR) is 113 cm³/mol. The van der Waals surface area contributed by atoms with Crippen LogP contribution in [-0.2, 0) is 11.3 Å². The Balaban J connectivity index is 1.57. The van der Waals surface area contributed by atoms with E-state index in [1.54, 1.807) is 14.2 Å². The molecule has 6 nitrogen and oxygen atoms in total. The number of methoxy groups -OCH3 is 2. The minimum absolute atomic E-state index is 0.328. The molecule has 160 valence electrons. The zero-order chi connectivity index (χ0) is 20.5. The maximum absolute atomic E-state index is 12.8. The van der Waals surface area contributed by atoms with E-state index in [0.29, 0.717) is 29.8 Å². The van der Waals surface area contributed by atoms with E-state index in [2.05, 4.69) is 34.9 Å². The molecule has 1 amide bonds. The molecule has 4 atom stereocenters. The van der Waals surface area contributed by atoms with Crippen LogP contribution in [0.1, 0.15) is 31.2 Å². The van der Waals surface area contributed by atoms with Crippen molar-refractivity contribution in [3.8, 4) is 11.5 Å². The standard InChI is InChI=1S/C23H35N3O3/c1-24(2)15-20-18-11-17(19-8-6-10-22(27)26(19)20)13-25(14-18)12-16-7-5-9-21(28-3)23(16)29-4/h5,7,9,17-20H,6,8,10-15H2,1-4H3/t17-,18+,19+,20+/m1/s1. The molecule has 0 N–H and O–H groups in total. The Morgan fingerprint density at radius 3 is 2.66 bits per heavy atom. The molecule has 3 fully saturated rings. The van der Waals surface area contributed by atoms with Gasteiger partial charge in [-0.15, -0.1) is 0 Å². The summed E-state index contributed by atoms with van der Waals surface area (Å²) in [7, 11) is 7.65. The molecule has 0 radical (unpaired) electrons. The Kier molecular flexibility index (Phi) is 6.02. The lowest BCUT2D eigenvalue weighted by Gasteiger charge is -2.57. The second-order valence-electron chi connectivity index (χ2n) is 9.19. The number of hydrogen-bond donors (Lipinski definition) is 0. The quantitative estimate of drug-likeness (QED) is 0.733. The third-order valence-corrected chi connectivity index (χ3v) is 7.00. The van der Waals surface area contributed by atoms with Crippen LogP contribution in [-0.4, -0.2) is 80.6 Å². The van der Waals surface area contributed by atoms with E-state index >= 15 is 0 Å². The lowest BCUT2D eigenvalue weighted by atomic mass is 9.72. The van der Waals surface area contributed by atoms with Crippen molar-refractivity contribution in [3.63, 3.8) is 0 Å². The van der Waals surface area contributed by atoms with E-state index in [1.807, 2.05) is 12.1 Å². The number of likely N-dealkylation sites (tertiary alicyclic amines) is 1. The van der Waals surface area contributed by atoms with Gasteiger partial charge in [0.1, 0.15) is 0 Å². The summed E-state index contributed by atoms with van der Waals surface area (Å²) in [5.74, 6) is 3.12. The van der Waals surface area contributed by atoms with E-state index in [1.165, 1.54) is 12.0 Å². The summed E-state index contributed by atoms with van der Waals surface area (Å²) in [4.78, 5) is 20.0. The van der Waals surface area contributed by atoms with Crippen molar-refractivity contribution >= 4 is 5.91 Å². The van der Waals surface area contributed by atoms with Gasteiger partial charge >= 0.3 is 0 Å². The number of fused-ring (bicyclic) bond motifs is 4. The first-order valence-corrected chi connectivity index (χ1v) is 10.9. The average molecular weight is 402 g/mol. The van der Waals surface area contributed by atoms with Gasteiger partial charge in [0.15, 0.2) is 11.5 Å². The summed E-state index contributed by atoms with van der Waals surface area (Å²) in [6.07, 6.45) is 4.17. The first-order valence-electron chi connectivity index (χ1n) is 10.9. The van der Waals surface area contributed by atoms with E-state index < -0.39 is 0 Å². The highest BCUT2D eigenvalue weighted by atomic mass is 16.5. The zero-order valence-corrected chi connectivity index (χ0v) is 18.3. The number of piperidine rings is 3. The summed E-state index contributed by atoms with van der Waals surface area (Å²) >= 11 is 0. The highest BCUT2D eigenvalue weighted by Gasteiger charge is 2.49. The molecule has 1 aromatic carbocycles. The van der Waals surface area contributed by atoms with E-state index in [4.69, 9.17) is 9.47 Å². The fourth-order valence-electron chi connectivity index (χ4n) is 5.93. The second-order valence-corrected chi connectivity index (χ2v) is 9.19. The fourth-order valence-corrected chi connectivity index (χ4v) is 5.93. The molecule has 0 aromatic heterocycles. The number of hydrogen-bond acceptors (Lipinski definition) is 5. The molecule has 3 aliphatic heterocycles. The van der Waals surface area contributed by atoms with Crippen LogP contribution < -0.4 is 9.47 Å². The Labute approximate surface area is 174 Å². The SMILES string of the molecule is COc1cccc(CN2C[C@H]3C[C@@H](C2)[C@H](CN(C)C)N2C(=O)CCC[C@@H]32)c1OC. The van der Waals surface area contributed by atoms with Crippen molar-refractivity contribution in [1.29, 1.82) is 0 Å². The van der Waals surface area contributed by atoms with Crippen molar-refractivity contribution in [3.05, 3.63) is 23.8 Å². The minimum atomic E-state index is 0.328. The van der Waals surface area contributed by atoms with Crippen molar-refractivity contribution in [2.75, 3.05) is 47.9 Å². The molecule has 3 heterocycles.